The maximum Gasteiger partial charge on any atom is 0.268 e. The first-order valence-corrected chi connectivity index (χ1v) is 12.4. The number of rotatable bonds is 10. The predicted octanol–water partition coefficient (Wildman–Crippen LogP) is 5.94. The third-order valence-electron chi connectivity index (χ3n) is 4.88. The summed E-state index contributed by atoms with van der Waals surface area (Å²) in [4.78, 5) is 12.6. The third-order valence-corrected chi connectivity index (χ3v) is 6.30. The van der Waals surface area contributed by atoms with Crippen molar-refractivity contribution in [1.82, 2.24) is 10.2 Å². The van der Waals surface area contributed by atoms with Crippen LogP contribution >= 0.6 is 22.9 Å². The van der Waals surface area contributed by atoms with E-state index in [4.69, 9.17) is 25.8 Å². The van der Waals surface area contributed by atoms with Crippen LogP contribution in [0.1, 0.15) is 41.5 Å². The van der Waals surface area contributed by atoms with Gasteiger partial charge < -0.3 is 14.2 Å². The summed E-state index contributed by atoms with van der Waals surface area (Å²) in [6, 6.07) is 11.1. The summed E-state index contributed by atoms with van der Waals surface area (Å²) in [6.45, 7) is 8.54. The molecule has 3 rings (SSSR count). The van der Waals surface area contributed by atoms with Crippen LogP contribution in [0.4, 0.5) is 5.13 Å². The molecule has 0 atom stereocenters. The highest BCUT2D eigenvalue weighted by molar-refractivity contribution is 7.15. The molecule has 0 saturated carbocycles. The summed E-state index contributed by atoms with van der Waals surface area (Å²) in [5.41, 5.74) is 2.62. The van der Waals surface area contributed by atoms with Gasteiger partial charge >= 0.3 is 0 Å². The first-order chi connectivity index (χ1) is 17.2. The van der Waals surface area contributed by atoms with Crippen LogP contribution in [0, 0.1) is 25.2 Å². The molecule has 188 valence electrons. The van der Waals surface area contributed by atoms with E-state index in [-0.39, 0.29) is 23.1 Å². The largest absolute Gasteiger partial charge is 0.493 e. The van der Waals surface area contributed by atoms with Crippen molar-refractivity contribution in [3.8, 4) is 23.3 Å². The van der Waals surface area contributed by atoms with E-state index in [9.17, 15) is 10.1 Å². The fourth-order valence-electron chi connectivity index (χ4n) is 3.28. The number of hydrogen-bond donors (Lipinski definition) is 1. The minimum atomic E-state index is -0.595. The highest BCUT2D eigenvalue weighted by atomic mass is 35.5. The van der Waals surface area contributed by atoms with E-state index < -0.39 is 5.91 Å². The molecule has 8 nitrogen and oxygen atoms in total. The molecule has 10 heteroatoms. The molecule has 0 fully saturated rings. The number of anilines is 1. The number of methoxy groups -OCH3 is 1. The number of carbonyl (C=O) groups excluding carboxylic acids is 1. The highest BCUT2D eigenvalue weighted by Crippen LogP contribution is 2.37. The number of halogens is 1. The zero-order valence-electron chi connectivity index (χ0n) is 20.7. The van der Waals surface area contributed by atoms with Gasteiger partial charge in [0.2, 0.25) is 5.13 Å². The van der Waals surface area contributed by atoms with Crippen LogP contribution in [0.15, 0.2) is 35.9 Å². The first kappa shape index (κ1) is 27.0. The van der Waals surface area contributed by atoms with Crippen LogP contribution in [0.3, 0.4) is 0 Å². The normalized spacial score (nSPS) is 11.2. The Kier molecular flexibility index (Phi) is 9.28. The predicted molar refractivity (Wildman–Crippen MR) is 141 cm³/mol. The van der Waals surface area contributed by atoms with Crippen molar-refractivity contribution in [3.05, 3.63) is 62.6 Å². The number of carbonyl (C=O) groups is 1. The molecule has 0 aliphatic rings. The fourth-order valence-corrected chi connectivity index (χ4v) is 4.30. The van der Waals surface area contributed by atoms with Crippen LogP contribution in [0.25, 0.3) is 6.08 Å². The van der Waals surface area contributed by atoms with Gasteiger partial charge in [-0.05, 0) is 60.9 Å². The Labute approximate surface area is 219 Å². The molecular formula is C26H27ClN4O4S. The van der Waals surface area contributed by atoms with E-state index in [1.165, 1.54) is 24.5 Å². The number of benzene rings is 2. The molecular weight excluding hydrogens is 500 g/mol. The van der Waals surface area contributed by atoms with Gasteiger partial charge in [-0.25, -0.2) is 0 Å². The Morgan fingerprint density at radius 3 is 2.44 bits per heavy atom. The molecule has 36 heavy (non-hydrogen) atoms. The third kappa shape index (κ3) is 7.20. The molecule has 0 aliphatic carbocycles. The van der Waals surface area contributed by atoms with Crippen molar-refractivity contribution in [2.75, 3.05) is 25.6 Å². The number of nitrogens with zero attached hydrogens (tertiary/aromatic N) is 3. The van der Waals surface area contributed by atoms with Gasteiger partial charge in [-0.15, -0.1) is 10.2 Å². The molecule has 1 N–H and O–H groups in total. The van der Waals surface area contributed by atoms with Crippen LogP contribution < -0.4 is 19.5 Å². The molecule has 1 aromatic heterocycles. The first-order valence-electron chi connectivity index (χ1n) is 11.2. The Balaban J connectivity index is 1.69. The molecule has 1 heterocycles. The number of aryl methyl sites for hydroxylation is 2. The lowest BCUT2D eigenvalue weighted by Gasteiger charge is -2.14. The van der Waals surface area contributed by atoms with Gasteiger partial charge in [0.05, 0.1) is 12.1 Å². The number of nitriles is 1. The smallest absolute Gasteiger partial charge is 0.268 e. The van der Waals surface area contributed by atoms with Gasteiger partial charge in [-0.3, -0.25) is 10.1 Å². The Bertz CT molecular complexity index is 1290. The van der Waals surface area contributed by atoms with Crippen molar-refractivity contribution in [3.63, 3.8) is 0 Å². The summed E-state index contributed by atoms with van der Waals surface area (Å²) in [5.74, 6) is 1.07. The quantitative estimate of drug-likeness (QED) is 0.198. The number of hydrogen-bond acceptors (Lipinski definition) is 8. The Morgan fingerprint density at radius 2 is 1.83 bits per heavy atom. The van der Waals surface area contributed by atoms with Crippen molar-refractivity contribution in [2.45, 2.75) is 33.6 Å². The van der Waals surface area contributed by atoms with Crippen LogP contribution in [-0.2, 0) is 4.79 Å². The van der Waals surface area contributed by atoms with E-state index in [0.29, 0.717) is 28.8 Å². The summed E-state index contributed by atoms with van der Waals surface area (Å²) >= 11 is 7.71. The molecule has 0 unspecified atom stereocenters. The van der Waals surface area contributed by atoms with Gasteiger partial charge in [-0.2, -0.15) is 5.26 Å². The van der Waals surface area contributed by atoms with Gasteiger partial charge in [0, 0.05) is 5.92 Å². The van der Waals surface area contributed by atoms with Gasteiger partial charge in [0.1, 0.15) is 35.6 Å². The van der Waals surface area contributed by atoms with Crippen molar-refractivity contribution in [1.29, 1.82) is 5.26 Å². The Morgan fingerprint density at radius 1 is 1.14 bits per heavy atom. The maximum atomic E-state index is 12.6. The zero-order chi connectivity index (χ0) is 26.2. The van der Waals surface area contributed by atoms with E-state index >= 15 is 0 Å². The molecule has 0 saturated heterocycles. The second kappa shape index (κ2) is 12.4. The van der Waals surface area contributed by atoms with E-state index in [0.717, 1.165) is 21.9 Å². The molecule has 2 aromatic carbocycles. The monoisotopic (exact) mass is 526 g/mol. The number of amides is 1. The van der Waals surface area contributed by atoms with E-state index in [2.05, 4.69) is 21.6 Å². The van der Waals surface area contributed by atoms with Gasteiger partial charge in [-0.1, -0.05) is 42.9 Å². The zero-order valence-corrected chi connectivity index (χ0v) is 22.3. The van der Waals surface area contributed by atoms with Crippen LogP contribution in [0.5, 0.6) is 17.2 Å². The van der Waals surface area contributed by atoms with E-state index in [1.54, 1.807) is 12.1 Å². The topological polar surface area (TPSA) is 106 Å². The molecule has 0 radical (unpaired) electrons. The lowest BCUT2D eigenvalue weighted by molar-refractivity contribution is -0.112. The number of aromatic nitrogens is 2. The second-order valence-corrected chi connectivity index (χ2v) is 9.69. The van der Waals surface area contributed by atoms with Crippen molar-refractivity contribution in [2.24, 2.45) is 0 Å². The lowest BCUT2D eigenvalue weighted by atomic mass is 10.1. The molecule has 3 aromatic rings. The molecule has 0 bridgehead atoms. The van der Waals surface area contributed by atoms with Gasteiger partial charge in [0.15, 0.2) is 11.5 Å². The average Bonchev–Trinajstić information content (AvgIpc) is 3.29. The molecule has 0 spiro atoms. The number of ether oxygens (including phenoxy) is 3. The summed E-state index contributed by atoms with van der Waals surface area (Å²) < 4.78 is 17.0. The maximum absolute atomic E-state index is 12.6. The standard InChI is InChI=1S/C26H27ClN4O4S/c1-15(2)25-30-31-26(36-25)29-24(32)19(14-28)11-18-12-21(27)23(22(13-18)33-5)35-7-6-34-20-9-16(3)8-17(4)10-20/h8-13,15H,6-7H2,1-5H3,(H,29,31,32)/b19-11-. The lowest BCUT2D eigenvalue weighted by Crippen LogP contribution is -2.13. The minimum absolute atomic E-state index is 0.120. The highest BCUT2D eigenvalue weighted by Gasteiger charge is 2.16. The fraction of sp³-hybridized carbons (Fsp3) is 0.308. The summed E-state index contributed by atoms with van der Waals surface area (Å²) in [7, 11) is 1.48. The molecule has 0 aliphatic heterocycles. The minimum Gasteiger partial charge on any atom is -0.493 e. The number of nitrogens with one attached hydrogen (secondary N) is 1. The van der Waals surface area contributed by atoms with Crippen molar-refractivity contribution >= 4 is 40.1 Å². The van der Waals surface area contributed by atoms with Crippen molar-refractivity contribution < 1.29 is 19.0 Å². The average molecular weight is 527 g/mol. The van der Waals surface area contributed by atoms with Gasteiger partial charge in [0.25, 0.3) is 5.91 Å². The molecule has 1 amide bonds. The SMILES string of the molecule is COc1cc(/C=C(/C#N)C(=O)Nc2nnc(C(C)C)s2)cc(Cl)c1OCCOc1cc(C)cc(C)c1. The summed E-state index contributed by atoms with van der Waals surface area (Å²) in [6.07, 6.45) is 1.42. The van der Waals surface area contributed by atoms with Crippen LogP contribution in [-0.4, -0.2) is 36.4 Å². The second-order valence-electron chi connectivity index (χ2n) is 8.28. The summed E-state index contributed by atoms with van der Waals surface area (Å²) in [5, 5.41) is 21.5. The van der Waals surface area contributed by atoms with Crippen LogP contribution in [0.2, 0.25) is 5.02 Å². The van der Waals surface area contributed by atoms with E-state index in [1.807, 2.05) is 45.9 Å². The Hall–Kier alpha value is -3.61.